The highest BCUT2D eigenvalue weighted by Crippen LogP contribution is 2.60. The van der Waals surface area contributed by atoms with Gasteiger partial charge in [-0.25, -0.2) is 0 Å². The van der Waals surface area contributed by atoms with Crippen molar-refractivity contribution in [2.24, 2.45) is 0 Å². The highest BCUT2D eigenvalue weighted by molar-refractivity contribution is 7.27. The monoisotopic (exact) mass is 312 g/mol. The molecule has 0 fully saturated rings. The first kappa shape index (κ1) is 17.7. The Morgan fingerprint density at radius 3 is 0.706 bits per heavy atom. The third-order valence-corrected chi connectivity index (χ3v) is 36.3. The van der Waals surface area contributed by atoms with E-state index in [2.05, 4.69) is 39.3 Å². The maximum atomic E-state index is 15.2. The Morgan fingerprint density at radius 2 is 0.706 bits per heavy atom. The molecule has 0 amide bonds. The summed E-state index contributed by atoms with van der Waals surface area (Å²) >= 11 is 0. The lowest BCUT2D eigenvalue weighted by molar-refractivity contribution is 0.725. The van der Waals surface area contributed by atoms with Crippen molar-refractivity contribution in [3.05, 3.63) is 0 Å². The molecule has 0 aliphatic carbocycles. The van der Waals surface area contributed by atoms with Crippen molar-refractivity contribution in [2.75, 3.05) is 0 Å². The summed E-state index contributed by atoms with van der Waals surface area (Å²) in [5, 5.41) is 0. The van der Waals surface area contributed by atoms with Crippen LogP contribution in [0.4, 0.5) is 8.22 Å². The van der Waals surface area contributed by atoms with Gasteiger partial charge in [0.1, 0.15) is 0 Å². The SMILES string of the molecule is C[Si](C)(C)C([Si](C)(C)C)([Si](C)(C)F)[Si](C)(C)F. The highest BCUT2D eigenvalue weighted by Gasteiger charge is 2.71. The van der Waals surface area contributed by atoms with Crippen LogP contribution < -0.4 is 0 Å². The van der Waals surface area contributed by atoms with E-state index in [1.54, 1.807) is 26.2 Å². The molecule has 17 heavy (non-hydrogen) atoms. The van der Waals surface area contributed by atoms with Crippen molar-refractivity contribution in [1.29, 1.82) is 0 Å². The van der Waals surface area contributed by atoms with Crippen LogP contribution in [-0.4, -0.2) is 33.0 Å². The van der Waals surface area contributed by atoms with Crippen molar-refractivity contribution in [3.8, 4) is 0 Å². The third kappa shape index (κ3) is 2.69. The molecule has 0 aliphatic heterocycles. The molecule has 0 saturated carbocycles. The second kappa shape index (κ2) is 4.38. The molecule has 0 spiro atoms. The molecule has 0 bridgehead atoms. The van der Waals surface area contributed by atoms with Crippen LogP contribution in [0, 0.1) is 0 Å². The van der Waals surface area contributed by atoms with E-state index in [9.17, 15) is 0 Å². The molecule has 0 aliphatic rings. The van der Waals surface area contributed by atoms with Crippen LogP contribution in [0.15, 0.2) is 0 Å². The Balaban J connectivity index is 6.37. The molecule has 0 aromatic heterocycles. The molecule has 6 heteroatoms. The van der Waals surface area contributed by atoms with Gasteiger partial charge < -0.3 is 8.22 Å². The minimum absolute atomic E-state index is 0.528. The predicted octanol–water partition coefficient (Wildman–Crippen LogP) is 5.37. The van der Waals surface area contributed by atoms with Gasteiger partial charge in [0.05, 0.1) is 0 Å². The molecule has 0 heterocycles. The predicted molar refractivity (Wildman–Crippen MR) is 86.6 cm³/mol. The van der Waals surface area contributed by atoms with Crippen LogP contribution in [-0.2, 0) is 0 Å². The molecule has 0 nitrogen and oxygen atoms in total. The number of halogens is 2. The standard InChI is InChI=1S/C11H30F2Si4/c1-14(2,3)11(15(4,5)6,16(7,8)12)17(9,10)13/h1-10H3. The van der Waals surface area contributed by atoms with E-state index < -0.39 is 36.9 Å². The van der Waals surface area contributed by atoms with Crippen molar-refractivity contribution in [2.45, 2.75) is 69.4 Å². The first-order chi connectivity index (χ1) is 7.00. The summed E-state index contributed by atoms with van der Waals surface area (Å²) in [5.74, 6) is 0. The van der Waals surface area contributed by atoms with Crippen LogP contribution in [0.1, 0.15) is 0 Å². The van der Waals surface area contributed by atoms with E-state index >= 15 is 8.22 Å². The van der Waals surface area contributed by atoms with Gasteiger partial charge in [-0.3, -0.25) is 0 Å². The van der Waals surface area contributed by atoms with Crippen molar-refractivity contribution >= 4 is 33.0 Å². The topological polar surface area (TPSA) is 0 Å². The van der Waals surface area contributed by atoms with Crippen molar-refractivity contribution < 1.29 is 8.22 Å². The summed E-state index contributed by atoms with van der Waals surface area (Å²) in [4.78, 5) is 0. The molecular formula is C11H30F2Si4. The maximum Gasteiger partial charge on any atom is 0.241 e. The van der Waals surface area contributed by atoms with Gasteiger partial charge in [0.15, 0.2) is 0 Å². The average Bonchev–Trinajstić information content (AvgIpc) is 1.67. The van der Waals surface area contributed by atoms with Gasteiger partial charge in [-0.1, -0.05) is 39.3 Å². The van der Waals surface area contributed by atoms with Crippen LogP contribution in [0.2, 0.25) is 69.4 Å². The van der Waals surface area contributed by atoms with Crippen LogP contribution >= 0.6 is 0 Å². The molecule has 104 valence electrons. The molecule has 0 aromatic carbocycles. The average molecular weight is 313 g/mol. The summed E-state index contributed by atoms with van der Waals surface area (Å²) in [6.45, 7) is 20.0. The largest absolute Gasteiger partial charge is 0.315 e. The van der Waals surface area contributed by atoms with Gasteiger partial charge in [0.2, 0.25) is 16.8 Å². The van der Waals surface area contributed by atoms with Crippen LogP contribution in [0.3, 0.4) is 0 Å². The summed E-state index contributed by atoms with van der Waals surface area (Å²) in [5.41, 5.74) is 0. The Kier molecular flexibility index (Phi) is 4.57. The summed E-state index contributed by atoms with van der Waals surface area (Å²) < 4.78 is 29.9. The van der Waals surface area contributed by atoms with Gasteiger partial charge in [-0.15, -0.1) is 0 Å². The lowest BCUT2D eigenvalue weighted by Gasteiger charge is -2.60. The third-order valence-electron chi connectivity index (χ3n) is 4.03. The Labute approximate surface area is 111 Å². The molecule has 0 N–H and O–H groups in total. The molecule has 0 rings (SSSR count). The number of rotatable bonds is 4. The highest BCUT2D eigenvalue weighted by atomic mass is 28.5. The Morgan fingerprint density at radius 1 is 0.529 bits per heavy atom. The first-order valence-electron chi connectivity index (χ1n) is 6.38. The van der Waals surface area contributed by atoms with E-state index in [4.69, 9.17) is 0 Å². The minimum atomic E-state index is -3.03. The number of hydrogen-bond acceptors (Lipinski definition) is 0. The fraction of sp³-hybridized carbons (Fsp3) is 1.00. The molecule has 0 atom stereocenters. The minimum Gasteiger partial charge on any atom is -0.315 e. The summed E-state index contributed by atoms with van der Waals surface area (Å²) in [6.07, 6.45) is 0. The van der Waals surface area contributed by atoms with Crippen LogP contribution in [0.5, 0.6) is 0 Å². The van der Waals surface area contributed by atoms with E-state index in [0.717, 1.165) is 0 Å². The summed E-state index contributed by atoms with van der Waals surface area (Å²) in [7, 11) is -9.88. The maximum absolute atomic E-state index is 15.2. The Bertz CT molecular complexity index is 214. The fourth-order valence-corrected chi connectivity index (χ4v) is 48.6. The lowest BCUT2D eigenvalue weighted by atomic mass is 11.6. The van der Waals surface area contributed by atoms with Gasteiger partial charge in [-0.05, 0) is 26.2 Å². The second-order valence-corrected chi connectivity index (χ2v) is 29.1. The zero-order valence-electron chi connectivity index (χ0n) is 13.3. The van der Waals surface area contributed by atoms with E-state index in [-0.39, 0.29) is 0 Å². The van der Waals surface area contributed by atoms with Crippen molar-refractivity contribution in [1.82, 2.24) is 0 Å². The second-order valence-electron chi connectivity index (χ2n) is 8.19. The van der Waals surface area contributed by atoms with E-state index in [0.29, 0.717) is 0 Å². The molecule has 0 saturated heterocycles. The lowest BCUT2D eigenvalue weighted by Crippen LogP contribution is -2.74. The van der Waals surface area contributed by atoms with E-state index in [1.807, 2.05) is 0 Å². The van der Waals surface area contributed by atoms with Gasteiger partial charge in [-0.2, -0.15) is 0 Å². The van der Waals surface area contributed by atoms with Gasteiger partial charge in [0.25, 0.3) is 0 Å². The molecule has 0 aromatic rings. The van der Waals surface area contributed by atoms with E-state index in [1.165, 1.54) is 0 Å². The number of hydrogen-bond donors (Lipinski definition) is 0. The normalized spacial score (nSPS) is 16.2. The van der Waals surface area contributed by atoms with Crippen molar-refractivity contribution in [3.63, 3.8) is 0 Å². The molecule has 0 radical (unpaired) electrons. The summed E-state index contributed by atoms with van der Waals surface area (Å²) in [6, 6.07) is 0. The molecular weight excluding hydrogens is 282 g/mol. The van der Waals surface area contributed by atoms with Gasteiger partial charge in [0, 0.05) is 20.1 Å². The van der Waals surface area contributed by atoms with Gasteiger partial charge >= 0.3 is 0 Å². The fourth-order valence-electron chi connectivity index (χ4n) is 5.40. The zero-order valence-corrected chi connectivity index (χ0v) is 17.3. The molecule has 0 unspecified atom stereocenters. The Hall–Kier alpha value is 0.728. The quantitative estimate of drug-likeness (QED) is 0.483. The zero-order chi connectivity index (χ0) is 14.5. The first-order valence-corrected chi connectivity index (χ1v) is 19.1. The van der Waals surface area contributed by atoms with Crippen LogP contribution in [0.25, 0.3) is 0 Å². The smallest absolute Gasteiger partial charge is 0.241 e.